The van der Waals surface area contributed by atoms with Crippen molar-refractivity contribution in [1.82, 2.24) is 10.2 Å². The smallest absolute Gasteiger partial charge is 0.408 e. The maximum absolute atomic E-state index is 13.4. The number of nitrogens with zero attached hydrogens (tertiary/aromatic N) is 1. The Morgan fingerprint density at radius 3 is 2.12 bits per heavy atom. The number of amides is 3. The summed E-state index contributed by atoms with van der Waals surface area (Å²) in [6.45, 7) is 10.7. The molecule has 3 amide bonds. The van der Waals surface area contributed by atoms with Crippen molar-refractivity contribution in [1.29, 1.82) is 0 Å². The fourth-order valence-electron chi connectivity index (χ4n) is 3.35. The summed E-state index contributed by atoms with van der Waals surface area (Å²) in [4.78, 5) is 40.1. The van der Waals surface area contributed by atoms with E-state index in [1.54, 1.807) is 66.1 Å². The van der Waals surface area contributed by atoms with E-state index in [1.807, 2.05) is 32.0 Å². The Balaban J connectivity index is 2.30. The number of methoxy groups -OCH3 is 1. The summed E-state index contributed by atoms with van der Waals surface area (Å²) in [5.74, 6) is -0.147. The molecule has 0 saturated carbocycles. The Hall–Kier alpha value is -3.55. The molecule has 0 spiro atoms. The fraction of sp³-hybridized carbons (Fsp3) is 0.423. The number of aryl methyl sites for hydroxylation is 2. The van der Waals surface area contributed by atoms with Crippen LogP contribution in [0.15, 0.2) is 42.5 Å². The largest absolute Gasteiger partial charge is 0.497 e. The van der Waals surface area contributed by atoms with Crippen molar-refractivity contribution < 1.29 is 23.9 Å². The molecule has 0 bridgehead atoms. The number of benzene rings is 2. The van der Waals surface area contributed by atoms with Crippen molar-refractivity contribution in [3.05, 3.63) is 59.2 Å². The third kappa shape index (κ3) is 7.23. The number of carbonyl (C=O) groups excluding carboxylic acids is 3. The molecule has 0 radical (unpaired) electrons. The Morgan fingerprint density at radius 1 is 0.971 bits per heavy atom. The minimum absolute atomic E-state index is 0.381. The summed E-state index contributed by atoms with van der Waals surface area (Å²) in [7, 11) is 3.11. The first-order valence-electron chi connectivity index (χ1n) is 11.1. The van der Waals surface area contributed by atoms with Gasteiger partial charge in [0.25, 0.3) is 5.91 Å². The van der Waals surface area contributed by atoms with Crippen LogP contribution >= 0.6 is 0 Å². The summed E-state index contributed by atoms with van der Waals surface area (Å²) in [6.07, 6.45) is -0.702. The third-order valence-corrected chi connectivity index (χ3v) is 5.29. The van der Waals surface area contributed by atoms with Gasteiger partial charge in [0, 0.05) is 12.7 Å². The molecule has 0 fully saturated rings. The average molecular weight is 470 g/mol. The van der Waals surface area contributed by atoms with Gasteiger partial charge in [0.1, 0.15) is 23.4 Å². The van der Waals surface area contributed by atoms with Gasteiger partial charge in [-0.15, -0.1) is 0 Å². The van der Waals surface area contributed by atoms with E-state index in [9.17, 15) is 14.4 Å². The van der Waals surface area contributed by atoms with E-state index in [0.29, 0.717) is 17.0 Å². The molecule has 0 heterocycles. The second-order valence-corrected chi connectivity index (χ2v) is 9.28. The lowest BCUT2D eigenvalue weighted by Gasteiger charge is -2.31. The number of ether oxygens (including phenoxy) is 2. The number of alkyl carbamates (subject to hydrolysis) is 1. The van der Waals surface area contributed by atoms with Crippen LogP contribution in [-0.4, -0.2) is 48.6 Å². The zero-order valence-corrected chi connectivity index (χ0v) is 21.2. The molecule has 34 heavy (non-hydrogen) atoms. The second-order valence-electron chi connectivity index (χ2n) is 9.28. The average Bonchev–Trinajstić information content (AvgIpc) is 2.74. The van der Waals surface area contributed by atoms with E-state index in [-0.39, 0.29) is 5.91 Å². The van der Waals surface area contributed by atoms with E-state index in [0.717, 1.165) is 11.1 Å². The van der Waals surface area contributed by atoms with Gasteiger partial charge in [-0.3, -0.25) is 9.59 Å². The Kier molecular flexibility index (Phi) is 8.68. The number of anilines is 1. The third-order valence-electron chi connectivity index (χ3n) is 5.29. The van der Waals surface area contributed by atoms with Crippen molar-refractivity contribution in [3.8, 4) is 5.75 Å². The monoisotopic (exact) mass is 469 g/mol. The van der Waals surface area contributed by atoms with Crippen LogP contribution in [-0.2, 0) is 14.3 Å². The zero-order valence-electron chi connectivity index (χ0n) is 21.2. The van der Waals surface area contributed by atoms with E-state index in [4.69, 9.17) is 9.47 Å². The molecular weight excluding hydrogens is 434 g/mol. The highest BCUT2D eigenvalue weighted by molar-refractivity contribution is 5.98. The summed E-state index contributed by atoms with van der Waals surface area (Å²) in [5.41, 5.74) is 2.61. The second kappa shape index (κ2) is 11.0. The molecule has 2 aromatic carbocycles. The highest BCUT2D eigenvalue weighted by atomic mass is 16.6. The van der Waals surface area contributed by atoms with Crippen LogP contribution in [0.2, 0.25) is 0 Å². The normalized spacial score (nSPS) is 12.8. The van der Waals surface area contributed by atoms with Crippen molar-refractivity contribution in [2.75, 3.05) is 19.5 Å². The highest BCUT2D eigenvalue weighted by Gasteiger charge is 2.32. The lowest BCUT2D eigenvalue weighted by Crippen LogP contribution is -2.49. The van der Waals surface area contributed by atoms with Gasteiger partial charge in [0.2, 0.25) is 5.91 Å². The molecule has 0 aliphatic heterocycles. The Bertz CT molecular complexity index is 1030. The van der Waals surface area contributed by atoms with E-state index >= 15 is 0 Å². The van der Waals surface area contributed by atoms with Gasteiger partial charge in [-0.05, 0) is 82.5 Å². The summed E-state index contributed by atoms with van der Waals surface area (Å²) < 4.78 is 10.4. The summed E-state index contributed by atoms with van der Waals surface area (Å²) in [6, 6.07) is 10.7. The number of hydrogen-bond donors (Lipinski definition) is 2. The van der Waals surface area contributed by atoms with Crippen LogP contribution < -0.4 is 15.4 Å². The minimum atomic E-state index is -0.920. The fourth-order valence-corrected chi connectivity index (χ4v) is 3.35. The molecule has 2 aromatic rings. The predicted octanol–water partition coefficient (Wildman–Crippen LogP) is 4.36. The molecule has 8 heteroatoms. The summed E-state index contributed by atoms with van der Waals surface area (Å²) >= 11 is 0. The molecule has 2 rings (SSSR count). The number of carbonyl (C=O) groups is 3. The molecule has 2 unspecified atom stereocenters. The Labute approximate surface area is 201 Å². The van der Waals surface area contributed by atoms with Crippen LogP contribution in [0, 0.1) is 13.8 Å². The minimum Gasteiger partial charge on any atom is -0.497 e. The topological polar surface area (TPSA) is 97.0 Å². The lowest BCUT2D eigenvalue weighted by molar-refractivity contribution is -0.138. The molecule has 0 aromatic heterocycles. The van der Waals surface area contributed by atoms with E-state index in [1.165, 1.54) is 4.90 Å². The van der Waals surface area contributed by atoms with Gasteiger partial charge in [-0.2, -0.15) is 0 Å². The van der Waals surface area contributed by atoms with Gasteiger partial charge in [-0.25, -0.2) is 4.79 Å². The first kappa shape index (κ1) is 26.7. The lowest BCUT2D eigenvalue weighted by atomic mass is 9.99. The maximum Gasteiger partial charge on any atom is 0.408 e. The standard InChI is InChI=1S/C26H35N3O5/c1-16-9-10-19(15-17(16)2)22(23(30)28-20-11-13-21(33-8)14-12-20)29(7)24(31)18(3)27-25(32)34-26(4,5)6/h9-15,18,22H,1-8H3,(H,27,32)(H,28,30). The van der Waals surface area contributed by atoms with Crippen molar-refractivity contribution >= 4 is 23.6 Å². The number of likely N-dealkylation sites (N-methyl/N-ethyl adjacent to an activating group) is 1. The van der Waals surface area contributed by atoms with E-state index < -0.39 is 29.7 Å². The quantitative estimate of drug-likeness (QED) is 0.628. The number of nitrogens with one attached hydrogen (secondary N) is 2. The molecular formula is C26H35N3O5. The van der Waals surface area contributed by atoms with Crippen molar-refractivity contribution in [3.63, 3.8) is 0 Å². The van der Waals surface area contributed by atoms with Crippen molar-refractivity contribution in [2.45, 2.75) is 59.2 Å². The van der Waals surface area contributed by atoms with Crippen LogP contribution in [0.3, 0.4) is 0 Å². The molecule has 2 N–H and O–H groups in total. The SMILES string of the molecule is COc1ccc(NC(=O)C(c2ccc(C)c(C)c2)N(C)C(=O)C(C)NC(=O)OC(C)(C)C)cc1. The van der Waals surface area contributed by atoms with Gasteiger partial charge in [0.15, 0.2) is 0 Å². The Morgan fingerprint density at radius 2 is 1.59 bits per heavy atom. The van der Waals surface area contributed by atoms with Gasteiger partial charge < -0.3 is 25.0 Å². The maximum atomic E-state index is 13.4. The molecule has 8 nitrogen and oxygen atoms in total. The molecule has 2 atom stereocenters. The number of hydrogen-bond acceptors (Lipinski definition) is 5. The van der Waals surface area contributed by atoms with Gasteiger partial charge in [-0.1, -0.05) is 18.2 Å². The van der Waals surface area contributed by atoms with Crippen LogP contribution in [0.25, 0.3) is 0 Å². The van der Waals surface area contributed by atoms with E-state index in [2.05, 4.69) is 10.6 Å². The first-order chi connectivity index (χ1) is 15.8. The molecule has 184 valence electrons. The van der Waals surface area contributed by atoms with Crippen molar-refractivity contribution in [2.24, 2.45) is 0 Å². The van der Waals surface area contributed by atoms with Gasteiger partial charge >= 0.3 is 6.09 Å². The molecule has 0 aliphatic carbocycles. The van der Waals surface area contributed by atoms with Crippen LogP contribution in [0.5, 0.6) is 5.75 Å². The first-order valence-corrected chi connectivity index (χ1v) is 11.1. The summed E-state index contributed by atoms with van der Waals surface area (Å²) in [5, 5.41) is 5.42. The van der Waals surface area contributed by atoms with Crippen LogP contribution in [0.4, 0.5) is 10.5 Å². The van der Waals surface area contributed by atoms with Crippen LogP contribution in [0.1, 0.15) is 50.4 Å². The number of rotatable bonds is 7. The van der Waals surface area contributed by atoms with Gasteiger partial charge in [0.05, 0.1) is 7.11 Å². The molecule has 0 aliphatic rings. The predicted molar refractivity (Wildman–Crippen MR) is 132 cm³/mol. The zero-order chi connectivity index (χ0) is 25.6. The molecule has 0 saturated heterocycles. The highest BCUT2D eigenvalue weighted by Crippen LogP contribution is 2.25.